The lowest BCUT2D eigenvalue weighted by atomic mass is 10.2. The normalized spacial score (nSPS) is 11.1. The van der Waals surface area contributed by atoms with Gasteiger partial charge in [-0.2, -0.15) is 5.10 Å². The Balaban J connectivity index is 2.14. The first-order valence-corrected chi connectivity index (χ1v) is 6.60. The minimum Gasteiger partial charge on any atom is -0.305 e. The topological polar surface area (TPSA) is 110 Å². The van der Waals surface area contributed by atoms with E-state index in [0.29, 0.717) is 15.6 Å². The maximum absolute atomic E-state index is 12.3. The Kier molecular flexibility index (Phi) is 3.55. The zero-order chi connectivity index (χ0) is 16.4. The molecule has 0 amide bonds. The van der Waals surface area contributed by atoms with Crippen LogP contribution in [0.1, 0.15) is 5.56 Å². The molecule has 114 valence electrons. The van der Waals surface area contributed by atoms with E-state index >= 15 is 0 Å². The van der Waals surface area contributed by atoms with Gasteiger partial charge in [0.25, 0.3) is 11.2 Å². The molecule has 1 N–H and O–H groups in total. The van der Waals surface area contributed by atoms with E-state index in [1.54, 1.807) is 30.3 Å². The highest BCUT2D eigenvalue weighted by atomic mass is 16.6. The van der Waals surface area contributed by atoms with Crippen LogP contribution in [0, 0.1) is 10.1 Å². The van der Waals surface area contributed by atoms with Crippen LogP contribution in [0.5, 0.6) is 0 Å². The van der Waals surface area contributed by atoms with Crippen LogP contribution in [0.3, 0.4) is 0 Å². The van der Waals surface area contributed by atoms with E-state index in [4.69, 9.17) is 0 Å². The Labute approximate surface area is 128 Å². The number of nitrogens with one attached hydrogen (secondary N) is 1. The fourth-order valence-electron chi connectivity index (χ4n) is 2.14. The lowest BCUT2D eigenvalue weighted by Crippen LogP contribution is -2.32. The average Bonchev–Trinajstić information content (AvgIpc) is 2.55. The number of nitro benzene ring substituents is 1. The Bertz CT molecular complexity index is 1050. The van der Waals surface area contributed by atoms with Crippen LogP contribution in [-0.4, -0.2) is 20.8 Å². The maximum atomic E-state index is 12.3. The van der Waals surface area contributed by atoms with E-state index in [1.165, 1.54) is 18.2 Å². The monoisotopic (exact) mass is 310 g/mol. The van der Waals surface area contributed by atoms with Crippen molar-refractivity contribution in [3.8, 4) is 0 Å². The third-order valence-electron chi connectivity index (χ3n) is 3.23. The second-order valence-electron chi connectivity index (χ2n) is 4.65. The summed E-state index contributed by atoms with van der Waals surface area (Å²) in [5.41, 5.74) is -0.888. The number of fused-ring (bicyclic) bond motifs is 1. The molecule has 0 aliphatic carbocycles. The van der Waals surface area contributed by atoms with Gasteiger partial charge in [-0.25, -0.2) is 4.79 Å². The fraction of sp³-hybridized carbons (Fsp3) is 0. The predicted molar refractivity (Wildman–Crippen MR) is 84.9 cm³/mol. The summed E-state index contributed by atoms with van der Waals surface area (Å²) in [7, 11) is 0. The summed E-state index contributed by atoms with van der Waals surface area (Å²) in [4.78, 5) is 37.2. The lowest BCUT2D eigenvalue weighted by molar-refractivity contribution is -0.385. The summed E-state index contributed by atoms with van der Waals surface area (Å²) < 4.78 is 0.638. The number of aromatic amines is 1. The summed E-state index contributed by atoms with van der Waals surface area (Å²) in [6, 6.07) is 12.4. The second-order valence-corrected chi connectivity index (χ2v) is 4.65. The van der Waals surface area contributed by atoms with E-state index < -0.39 is 16.2 Å². The molecule has 8 heteroatoms. The molecule has 0 atom stereocenters. The predicted octanol–water partition coefficient (Wildman–Crippen LogP) is 1.48. The zero-order valence-electron chi connectivity index (χ0n) is 11.7. The van der Waals surface area contributed by atoms with Crippen LogP contribution in [0.4, 0.5) is 5.69 Å². The smallest absolute Gasteiger partial charge is 0.305 e. The average molecular weight is 310 g/mol. The highest BCUT2D eigenvalue weighted by molar-refractivity contribution is 5.85. The number of nitro groups is 1. The highest BCUT2D eigenvalue weighted by Crippen LogP contribution is 2.15. The number of H-pyrrole nitrogens is 1. The Hall–Kier alpha value is -3.55. The van der Waals surface area contributed by atoms with E-state index in [1.807, 2.05) is 0 Å². The van der Waals surface area contributed by atoms with Crippen LogP contribution in [0.2, 0.25) is 0 Å². The molecule has 0 aliphatic heterocycles. The van der Waals surface area contributed by atoms with Crippen LogP contribution >= 0.6 is 0 Å². The standard InChI is InChI=1S/C15H10N4O4/c20-14-11-6-2-3-7-12(11)17-15(21)18(14)16-9-10-5-1-4-8-13(10)19(22)23/h1-9H,(H,17,21). The molecule has 1 heterocycles. The van der Waals surface area contributed by atoms with E-state index in [-0.39, 0.29) is 11.3 Å². The third-order valence-corrected chi connectivity index (χ3v) is 3.23. The summed E-state index contributed by atoms with van der Waals surface area (Å²) in [6.45, 7) is 0. The molecule has 1 aromatic heterocycles. The Morgan fingerprint density at radius 3 is 2.57 bits per heavy atom. The van der Waals surface area contributed by atoms with Crippen molar-refractivity contribution in [1.29, 1.82) is 0 Å². The molecular weight excluding hydrogens is 300 g/mol. The van der Waals surface area contributed by atoms with Crippen LogP contribution in [-0.2, 0) is 0 Å². The first-order valence-electron chi connectivity index (χ1n) is 6.60. The van der Waals surface area contributed by atoms with Crippen molar-refractivity contribution in [2.45, 2.75) is 0 Å². The summed E-state index contributed by atoms with van der Waals surface area (Å²) >= 11 is 0. The first-order chi connectivity index (χ1) is 11.1. The number of benzene rings is 2. The SMILES string of the molecule is O=c1[nH]c2ccccc2c(=O)n1N=Cc1ccccc1[N+](=O)[O-]. The number of hydrogen-bond acceptors (Lipinski definition) is 5. The Morgan fingerprint density at radius 2 is 1.78 bits per heavy atom. The van der Waals surface area contributed by atoms with Crippen molar-refractivity contribution in [2.75, 3.05) is 0 Å². The van der Waals surface area contributed by atoms with Crippen molar-refractivity contribution in [2.24, 2.45) is 5.10 Å². The van der Waals surface area contributed by atoms with Crippen molar-refractivity contribution in [3.63, 3.8) is 0 Å². The van der Waals surface area contributed by atoms with Gasteiger partial charge in [0.15, 0.2) is 0 Å². The van der Waals surface area contributed by atoms with E-state index in [9.17, 15) is 19.7 Å². The minimum atomic E-state index is -0.719. The summed E-state index contributed by atoms with van der Waals surface area (Å²) in [5, 5.41) is 15.0. The highest BCUT2D eigenvalue weighted by Gasteiger charge is 2.11. The summed E-state index contributed by atoms with van der Waals surface area (Å²) in [5.74, 6) is 0. The number of para-hydroxylation sites is 2. The largest absolute Gasteiger partial charge is 0.349 e. The minimum absolute atomic E-state index is 0.165. The molecule has 0 unspecified atom stereocenters. The molecule has 8 nitrogen and oxygen atoms in total. The molecule has 23 heavy (non-hydrogen) atoms. The molecule has 0 saturated carbocycles. The number of nitrogens with zero attached hydrogens (tertiary/aromatic N) is 3. The first kappa shape index (κ1) is 14.4. The molecule has 0 spiro atoms. The quantitative estimate of drug-likeness (QED) is 0.448. The van der Waals surface area contributed by atoms with Gasteiger partial charge < -0.3 is 4.98 Å². The van der Waals surface area contributed by atoms with Crippen molar-refractivity contribution >= 4 is 22.8 Å². The van der Waals surface area contributed by atoms with Gasteiger partial charge in [-0.15, -0.1) is 4.68 Å². The van der Waals surface area contributed by atoms with Gasteiger partial charge in [0.2, 0.25) is 0 Å². The van der Waals surface area contributed by atoms with Crippen LogP contribution < -0.4 is 11.2 Å². The zero-order valence-corrected chi connectivity index (χ0v) is 11.7. The molecule has 0 saturated heterocycles. The lowest BCUT2D eigenvalue weighted by Gasteiger charge is -2.01. The molecule has 3 aromatic rings. The van der Waals surface area contributed by atoms with Crippen molar-refractivity contribution < 1.29 is 4.92 Å². The molecule has 0 fully saturated rings. The van der Waals surface area contributed by atoms with Gasteiger partial charge in [-0.05, 0) is 18.2 Å². The number of hydrogen-bond donors (Lipinski definition) is 1. The van der Waals surface area contributed by atoms with Gasteiger partial charge >= 0.3 is 5.69 Å². The molecule has 0 bridgehead atoms. The summed E-state index contributed by atoms with van der Waals surface area (Å²) in [6.07, 6.45) is 1.11. The van der Waals surface area contributed by atoms with Crippen LogP contribution in [0.25, 0.3) is 10.9 Å². The second kappa shape index (κ2) is 5.68. The fourth-order valence-corrected chi connectivity index (χ4v) is 2.14. The number of rotatable bonds is 3. The van der Waals surface area contributed by atoms with E-state index in [2.05, 4.69) is 10.1 Å². The maximum Gasteiger partial charge on any atom is 0.349 e. The van der Waals surface area contributed by atoms with Gasteiger partial charge in [0.05, 0.1) is 27.6 Å². The van der Waals surface area contributed by atoms with Gasteiger partial charge in [-0.3, -0.25) is 14.9 Å². The molecule has 0 radical (unpaired) electrons. The van der Waals surface area contributed by atoms with Gasteiger partial charge in [0, 0.05) is 6.07 Å². The van der Waals surface area contributed by atoms with Gasteiger partial charge in [-0.1, -0.05) is 24.3 Å². The molecular formula is C15H10N4O4. The van der Waals surface area contributed by atoms with Crippen molar-refractivity contribution in [1.82, 2.24) is 9.66 Å². The molecule has 3 rings (SSSR count). The van der Waals surface area contributed by atoms with E-state index in [0.717, 1.165) is 6.21 Å². The Morgan fingerprint density at radius 1 is 1.09 bits per heavy atom. The number of aromatic nitrogens is 2. The third kappa shape index (κ3) is 2.64. The molecule has 0 aliphatic rings. The van der Waals surface area contributed by atoms with Gasteiger partial charge in [0.1, 0.15) is 0 Å². The van der Waals surface area contributed by atoms with Crippen LogP contribution in [0.15, 0.2) is 63.2 Å². The van der Waals surface area contributed by atoms with Crippen molar-refractivity contribution in [3.05, 3.63) is 85.0 Å². The molecule has 2 aromatic carbocycles.